The molecule has 0 amide bonds. The number of benzene rings is 1. The van der Waals surface area contributed by atoms with Gasteiger partial charge in [0.2, 0.25) is 0 Å². The number of rotatable bonds is 4. The number of hydrogen-bond acceptors (Lipinski definition) is 2. The van der Waals surface area contributed by atoms with E-state index in [-0.39, 0.29) is 11.9 Å². The van der Waals surface area contributed by atoms with Crippen LogP contribution in [0.3, 0.4) is 0 Å². The van der Waals surface area contributed by atoms with Gasteiger partial charge < -0.3 is 5.32 Å². The predicted molar refractivity (Wildman–Crippen MR) is 70.9 cm³/mol. The second-order valence-electron chi connectivity index (χ2n) is 4.40. The van der Waals surface area contributed by atoms with Crippen molar-refractivity contribution >= 4 is 0 Å². The molecular weight excluding hydrogens is 227 g/mol. The van der Waals surface area contributed by atoms with E-state index in [4.69, 9.17) is 0 Å². The van der Waals surface area contributed by atoms with Crippen LogP contribution in [0.2, 0.25) is 0 Å². The minimum absolute atomic E-state index is 0.114. The van der Waals surface area contributed by atoms with Crippen LogP contribution in [0.5, 0.6) is 0 Å². The van der Waals surface area contributed by atoms with Gasteiger partial charge in [-0.15, -0.1) is 0 Å². The lowest BCUT2D eigenvalue weighted by Gasteiger charge is -2.19. The van der Waals surface area contributed by atoms with Gasteiger partial charge in [-0.1, -0.05) is 6.07 Å². The maximum atomic E-state index is 13.3. The molecule has 1 atom stereocenters. The largest absolute Gasteiger partial charge is 0.313 e. The summed E-state index contributed by atoms with van der Waals surface area (Å²) >= 11 is 0. The summed E-state index contributed by atoms with van der Waals surface area (Å²) in [4.78, 5) is 4.00. The first-order valence-corrected chi connectivity index (χ1v) is 6.03. The number of aromatic nitrogens is 1. The Morgan fingerprint density at radius 2 is 1.94 bits per heavy atom. The minimum Gasteiger partial charge on any atom is -0.313 e. The fraction of sp³-hybridized carbons (Fsp3) is 0.267. The Kier molecular flexibility index (Phi) is 4.05. The first-order chi connectivity index (χ1) is 8.70. The van der Waals surface area contributed by atoms with E-state index in [2.05, 4.69) is 10.3 Å². The first-order valence-electron chi connectivity index (χ1n) is 6.03. The molecule has 1 unspecified atom stereocenters. The molecule has 3 heteroatoms. The summed E-state index contributed by atoms with van der Waals surface area (Å²) in [6.07, 6.45) is 4.38. The fourth-order valence-corrected chi connectivity index (χ4v) is 2.11. The highest BCUT2D eigenvalue weighted by Crippen LogP contribution is 2.22. The molecule has 1 heterocycles. The average Bonchev–Trinajstić information content (AvgIpc) is 2.40. The van der Waals surface area contributed by atoms with Gasteiger partial charge in [-0.25, -0.2) is 4.39 Å². The average molecular weight is 244 g/mol. The number of halogens is 1. The number of aryl methyl sites for hydroxylation is 1. The van der Waals surface area contributed by atoms with Crippen LogP contribution in [-0.4, -0.2) is 12.0 Å². The van der Waals surface area contributed by atoms with Gasteiger partial charge in [0.05, 0.1) is 0 Å². The molecule has 0 fully saturated rings. The molecule has 0 saturated carbocycles. The van der Waals surface area contributed by atoms with Crippen molar-refractivity contribution in [2.45, 2.75) is 19.4 Å². The maximum Gasteiger partial charge on any atom is 0.123 e. The van der Waals surface area contributed by atoms with Crippen LogP contribution in [-0.2, 0) is 6.42 Å². The normalized spacial score (nSPS) is 12.4. The van der Waals surface area contributed by atoms with Gasteiger partial charge in [0.15, 0.2) is 0 Å². The molecule has 2 aromatic rings. The molecule has 18 heavy (non-hydrogen) atoms. The van der Waals surface area contributed by atoms with E-state index in [1.54, 1.807) is 18.5 Å². The second-order valence-corrected chi connectivity index (χ2v) is 4.40. The van der Waals surface area contributed by atoms with E-state index in [1.807, 2.05) is 32.2 Å². The maximum absolute atomic E-state index is 13.3. The van der Waals surface area contributed by atoms with E-state index < -0.39 is 0 Å². The third-order valence-electron chi connectivity index (χ3n) is 3.15. The Balaban J connectivity index is 2.26. The summed E-state index contributed by atoms with van der Waals surface area (Å²) in [5.41, 5.74) is 3.30. The summed E-state index contributed by atoms with van der Waals surface area (Å²) in [6, 6.07) is 9.01. The lowest BCUT2D eigenvalue weighted by Crippen LogP contribution is -2.20. The first kappa shape index (κ1) is 12.7. The van der Waals surface area contributed by atoms with Gasteiger partial charge in [0, 0.05) is 18.4 Å². The molecular formula is C15H17FN2. The molecule has 2 nitrogen and oxygen atoms in total. The van der Waals surface area contributed by atoms with Gasteiger partial charge in [-0.3, -0.25) is 4.98 Å². The molecule has 0 aliphatic carbocycles. The van der Waals surface area contributed by atoms with Crippen molar-refractivity contribution in [3.05, 3.63) is 65.2 Å². The Bertz CT molecular complexity index is 511. The second kappa shape index (κ2) is 5.74. The van der Waals surface area contributed by atoms with Crippen LogP contribution in [0.25, 0.3) is 0 Å². The van der Waals surface area contributed by atoms with Crippen molar-refractivity contribution in [2.75, 3.05) is 7.05 Å². The molecule has 1 N–H and O–H groups in total. The number of nitrogens with zero attached hydrogens (tertiary/aromatic N) is 1. The van der Waals surface area contributed by atoms with E-state index in [0.717, 1.165) is 17.5 Å². The quantitative estimate of drug-likeness (QED) is 0.894. The Hall–Kier alpha value is -1.74. The van der Waals surface area contributed by atoms with Crippen molar-refractivity contribution in [2.24, 2.45) is 0 Å². The van der Waals surface area contributed by atoms with Crippen LogP contribution in [0, 0.1) is 12.7 Å². The SMILES string of the molecule is CNC(Cc1ccncc1)c1cc(F)ccc1C. The molecule has 0 saturated heterocycles. The number of nitrogens with one attached hydrogen (secondary N) is 1. The standard InChI is InChI=1S/C15H17FN2/c1-11-3-4-13(16)10-14(11)15(17-2)9-12-5-7-18-8-6-12/h3-8,10,15,17H,9H2,1-2H3. The van der Waals surface area contributed by atoms with Crippen molar-refractivity contribution in [1.29, 1.82) is 0 Å². The van der Waals surface area contributed by atoms with Crippen LogP contribution in [0.15, 0.2) is 42.7 Å². The van der Waals surface area contributed by atoms with Gasteiger partial charge in [0.25, 0.3) is 0 Å². The topological polar surface area (TPSA) is 24.9 Å². The Morgan fingerprint density at radius 1 is 1.22 bits per heavy atom. The molecule has 0 spiro atoms. The summed E-state index contributed by atoms with van der Waals surface area (Å²) in [5, 5.41) is 3.25. The minimum atomic E-state index is -0.189. The van der Waals surface area contributed by atoms with Gasteiger partial charge in [-0.05, 0) is 61.3 Å². The third-order valence-corrected chi connectivity index (χ3v) is 3.15. The zero-order chi connectivity index (χ0) is 13.0. The lowest BCUT2D eigenvalue weighted by atomic mass is 9.96. The molecule has 0 bridgehead atoms. The summed E-state index contributed by atoms with van der Waals surface area (Å²) < 4.78 is 13.3. The van der Waals surface area contributed by atoms with Crippen LogP contribution in [0.4, 0.5) is 4.39 Å². The van der Waals surface area contributed by atoms with Crippen molar-refractivity contribution in [3.63, 3.8) is 0 Å². The van der Waals surface area contributed by atoms with Crippen LogP contribution < -0.4 is 5.32 Å². The van der Waals surface area contributed by atoms with Gasteiger partial charge in [0.1, 0.15) is 5.82 Å². The molecule has 94 valence electrons. The molecule has 1 aromatic carbocycles. The number of likely N-dealkylation sites (N-methyl/N-ethyl adjacent to an activating group) is 1. The molecule has 0 aliphatic heterocycles. The molecule has 0 aliphatic rings. The van der Waals surface area contributed by atoms with Crippen molar-refractivity contribution < 1.29 is 4.39 Å². The smallest absolute Gasteiger partial charge is 0.123 e. The Morgan fingerprint density at radius 3 is 2.61 bits per heavy atom. The van der Waals surface area contributed by atoms with E-state index in [9.17, 15) is 4.39 Å². The van der Waals surface area contributed by atoms with E-state index in [0.29, 0.717) is 0 Å². The van der Waals surface area contributed by atoms with Crippen LogP contribution >= 0.6 is 0 Å². The van der Waals surface area contributed by atoms with E-state index in [1.165, 1.54) is 11.6 Å². The number of pyridine rings is 1. The van der Waals surface area contributed by atoms with Crippen molar-refractivity contribution in [1.82, 2.24) is 10.3 Å². The van der Waals surface area contributed by atoms with Gasteiger partial charge in [-0.2, -0.15) is 0 Å². The zero-order valence-electron chi connectivity index (χ0n) is 10.7. The van der Waals surface area contributed by atoms with Crippen molar-refractivity contribution in [3.8, 4) is 0 Å². The molecule has 0 radical (unpaired) electrons. The Labute approximate surface area is 107 Å². The molecule has 1 aromatic heterocycles. The molecule has 2 rings (SSSR count). The summed E-state index contributed by atoms with van der Waals surface area (Å²) in [6.45, 7) is 2.01. The monoisotopic (exact) mass is 244 g/mol. The zero-order valence-corrected chi connectivity index (χ0v) is 10.7. The van der Waals surface area contributed by atoms with E-state index >= 15 is 0 Å². The fourth-order valence-electron chi connectivity index (χ4n) is 2.11. The summed E-state index contributed by atoms with van der Waals surface area (Å²) in [5.74, 6) is -0.189. The third kappa shape index (κ3) is 2.93. The lowest BCUT2D eigenvalue weighted by molar-refractivity contribution is 0.574. The van der Waals surface area contributed by atoms with Crippen LogP contribution in [0.1, 0.15) is 22.7 Å². The predicted octanol–water partition coefficient (Wildman–Crippen LogP) is 3.03. The number of hydrogen-bond donors (Lipinski definition) is 1. The highest BCUT2D eigenvalue weighted by molar-refractivity contribution is 5.31. The summed E-state index contributed by atoms with van der Waals surface area (Å²) in [7, 11) is 1.90. The highest BCUT2D eigenvalue weighted by Gasteiger charge is 2.13. The van der Waals surface area contributed by atoms with Gasteiger partial charge >= 0.3 is 0 Å². The highest BCUT2D eigenvalue weighted by atomic mass is 19.1.